The predicted octanol–water partition coefficient (Wildman–Crippen LogP) is 3.23. The van der Waals surface area contributed by atoms with Crippen LogP contribution in [0.2, 0.25) is 0 Å². The second-order valence-electron chi connectivity index (χ2n) is 3.97. The SMILES string of the molecule is CCCNC(CCC)c1cccnc1C. The Kier molecular flexibility index (Phi) is 5.33. The van der Waals surface area contributed by atoms with Gasteiger partial charge in [-0.15, -0.1) is 0 Å². The van der Waals surface area contributed by atoms with E-state index in [1.807, 2.05) is 12.3 Å². The van der Waals surface area contributed by atoms with E-state index in [2.05, 4.69) is 37.1 Å². The number of hydrogen-bond donors (Lipinski definition) is 1. The molecule has 0 radical (unpaired) electrons. The van der Waals surface area contributed by atoms with Gasteiger partial charge in [0.1, 0.15) is 0 Å². The largest absolute Gasteiger partial charge is 0.310 e. The summed E-state index contributed by atoms with van der Waals surface area (Å²) in [4.78, 5) is 4.35. The van der Waals surface area contributed by atoms with Gasteiger partial charge in [0, 0.05) is 17.9 Å². The minimum Gasteiger partial charge on any atom is -0.310 e. The van der Waals surface area contributed by atoms with E-state index in [9.17, 15) is 0 Å². The van der Waals surface area contributed by atoms with Crippen LogP contribution in [0.5, 0.6) is 0 Å². The molecule has 0 aromatic carbocycles. The van der Waals surface area contributed by atoms with Crippen LogP contribution in [-0.4, -0.2) is 11.5 Å². The molecule has 0 aliphatic rings. The van der Waals surface area contributed by atoms with Gasteiger partial charge < -0.3 is 5.32 Å². The van der Waals surface area contributed by atoms with E-state index in [1.165, 1.54) is 24.8 Å². The van der Waals surface area contributed by atoms with Crippen LogP contribution in [0.3, 0.4) is 0 Å². The number of nitrogens with one attached hydrogen (secondary N) is 1. The molecule has 1 atom stereocenters. The molecular weight excluding hydrogens is 184 g/mol. The van der Waals surface area contributed by atoms with Crippen molar-refractivity contribution in [2.45, 2.75) is 46.1 Å². The molecule has 0 aliphatic heterocycles. The van der Waals surface area contributed by atoms with Gasteiger partial charge in [0.2, 0.25) is 0 Å². The van der Waals surface area contributed by atoms with Gasteiger partial charge in [-0.25, -0.2) is 0 Å². The zero-order valence-corrected chi connectivity index (χ0v) is 10.1. The van der Waals surface area contributed by atoms with Gasteiger partial charge in [0.05, 0.1) is 0 Å². The van der Waals surface area contributed by atoms with E-state index in [0.717, 1.165) is 12.2 Å². The average molecular weight is 206 g/mol. The topological polar surface area (TPSA) is 24.9 Å². The molecule has 1 unspecified atom stereocenters. The normalized spacial score (nSPS) is 12.7. The van der Waals surface area contributed by atoms with E-state index in [4.69, 9.17) is 0 Å². The third-order valence-electron chi connectivity index (χ3n) is 2.64. The summed E-state index contributed by atoms with van der Waals surface area (Å²) in [5.41, 5.74) is 2.51. The first-order valence-electron chi connectivity index (χ1n) is 5.94. The van der Waals surface area contributed by atoms with Crippen LogP contribution in [-0.2, 0) is 0 Å². The van der Waals surface area contributed by atoms with E-state index >= 15 is 0 Å². The highest BCUT2D eigenvalue weighted by Crippen LogP contribution is 2.20. The van der Waals surface area contributed by atoms with Gasteiger partial charge >= 0.3 is 0 Å². The molecule has 0 bridgehead atoms. The maximum Gasteiger partial charge on any atom is 0.0420 e. The summed E-state index contributed by atoms with van der Waals surface area (Å²) in [5.74, 6) is 0. The fraction of sp³-hybridized carbons (Fsp3) is 0.615. The van der Waals surface area contributed by atoms with Gasteiger partial charge in [-0.3, -0.25) is 4.98 Å². The van der Waals surface area contributed by atoms with Crippen LogP contribution in [0.15, 0.2) is 18.3 Å². The molecule has 0 fully saturated rings. The first-order chi connectivity index (χ1) is 7.29. The summed E-state index contributed by atoms with van der Waals surface area (Å²) in [6.07, 6.45) is 5.43. The summed E-state index contributed by atoms with van der Waals surface area (Å²) in [5, 5.41) is 3.59. The van der Waals surface area contributed by atoms with E-state index in [1.54, 1.807) is 0 Å². The maximum atomic E-state index is 4.35. The number of nitrogens with zero attached hydrogens (tertiary/aromatic N) is 1. The standard InChI is InChI=1S/C13H22N2/c1-4-7-13(15-9-5-2)12-8-6-10-14-11(12)3/h6,8,10,13,15H,4-5,7,9H2,1-3H3. The van der Waals surface area contributed by atoms with Crippen molar-refractivity contribution >= 4 is 0 Å². The lowest BCUT2D eigenvalue weighted by molar-refractivity contribution is 0.490. The molecule has 15 heavy (non-hydrogen) atoms. The van der Waals surface area contributed by atoms with Crippen molar-refractivity contribution in [2.24, 2.45) is 0 Å². The van der Waals surface area contributed by atoms with Crippen molar-refractivity contribution in [2.75, 3.05) is 6.54 Å². The summed E-state index contributed by atoms with van der Waals surface area (Å²) in [7, 11) is 0. The van der Waals surface area contributed by atoms with Crippen LogP contribution in [0.4, 0.5) is 0 Å². The van der Waals surface area contributed by atoms with Crippen molar-refractivity contribution in [3.63, 3.8) is 0 Å². The predicted molar refractivity (Wildman–Crippen MR) is 64.9 cm³/mol. The van der Waals surface area contributed by atoms with Gasteiger partial charge in [0.15, 0.2) is 0 Å². The number of hydrogen-bond acceptors (Lipinski definition) is 2. The lowest BCUT2D eigenvalue weighted by atomic mass is 10.0. The molecule has 1 aromatic rings. The molecule has 0 saturated carbocycles. The van der Waals surface area contributed by atoms with Crippen molar-refractivity contribution in [3.8, 4) is 0 Å². The quantitative estimate of drug-likeness (QED) is 0.773. The Morgan fingerprint density at radius 3 is 2.73 bits per heavy atom. The molecule has 1 aromatic heterocycles. The Balaban J connectivity index is 2.74. The molecule has 0 spiro atoms. The fourth-order valence-corrected chi connectivity index (χ4v) is 1.84. The minimum atomic E-state index is 0.476. The van der Waals surface area contributed by atoms with E-state index in [0.29, 0.717) is 6.04 Å². The summed E-state index contributed by atoms with van der Waals surface area (Å²) in [6.45, 7) is 7.60. The minimum absolute atomic E-state index is 0.476. The van der Waals surface area contributed by atoms with Crippen molar-refractivity contribution in [1.82, 2.24) is 10.3 Å². The van der Waals surface area contributed by atoms with Gasteiger partial charge in [0.25, 0.3) is 0 Å². The Bertz CT molecular complexity index is 284. The molecule has 0 saturated heterocycles. The molecule has 2 heteroatoms. The third kappa shape index (κ3) is 3.63. The second kappa shape index (κ2) is 6.57. The van der Waals surface area contributed by atoms with Gasteiger partial charge in [-0.2, -0.15) is 0 Å². The second-order valence-corrected chi connectivity index (χ2v) is 3.97. The van der Waals surface area contributed by atoms with Gasteiger partial charge in [-0.05, 0) is 37.9 Å². The summed E-state index contributed by atoms with van der Waals surface area (Å²) < 4.78 is 0. The average Bonchev–Trinajstić information content (AvgIpc) is 2.25. The Labute approximate surface area is 93.1 Å². The molecule has 84 valence electrons. The van der Waals surface area contributed by atoms with Crippen LogP contribution in [0.1, 0.15) is 50.4 Å². The molecule has 1 N–H and O–H groups in total. The molecule has 1 rings (SSSR count). The van der Waals surface area contributed by atoms with Crippen LogP contribution in [0, 0.1) is 6.92 Å². The van der Waals surface area contributed by atoms with Crippen LogP contribution in [0.25, 0.3) is 0 Å². The number of rotatable bonds is 6. The molecular formula is C13H22N2. The fourth-order valence-electron chi connectivity index (χ4n) is 1.84. The zero-order chi connectivity index (χ0) is 11.1. The molecule has 2 nitrogen and oxygen atoms in total. The van der Waals surface area contributed by atoms with Gasteiger partial charge in [-0.1, -0.05) is 26.3 Å². The number of aromatic nitrogens is 1. The Morgan fingerprint density at radius 1 is 1.33 bits per heavy atom. The highest BCUT2D eigenvalue weighted by Gasteiger charge is 2.11. The number of aryl methyl sites for hydroxylation is 1. The monoisotopic (exact) mass is 206 g/mol. The van der Waals surface area contributed by atoms with Crippen molar-refractivity contribution in [1.29, 1.82) is 0 Å². The Morgan fingerprint density at radius 2 is 2.13 bits per heavy atom. The summed E-state index contributed by atoms with van der Waals surface area (Å²) >= 11 is 0. The number of pyridine rings is 1. The highest BCUT2D eigenvalue weighted by molar-refractivity contribution is 5.22. The lowest BCUT2D eigenvalue weighted by Crippen LogP contribution is -2.23. The molecule has 1 heterocycles. The van der Waals surface area contributed by atoms with Crippen LogP contribution >= 0.6 is 0 Å². The van der Waals surface area contributed by atoms with Crippen LogP contribution < -0.4 is 5.32 Å². The molecule has 0 aliphatic carbocycles. The first-order valence-corrected chi connectivity index (χ1v) is 5.94. The maximum absolute atomic E-state index is 4.35. The Hall–Kier alpha value is -0.890. The van der Waals surface area contributed by atoms with Crippen molar-refractivity contribution in [3.05, 3.63) is 29.6 Å². The smallest absolute Gasteiger partial charge is 0.0420 e. The third-order valence-corrected chi connectivity index (χ3v) is 2.64. The zero-order valence-electron chi connectivity index (χ0n) is 10.1. The highest BCUT2D eigenvalue weighted by atomic mass is 14.9. The lowest BCUT2D eigenvalue weighted by Gasteiger charge is -2.19. The van der Waals surface area contributed by atoms with Crippen molar-refractivity contribution < 1.29 is 0 Å². The summed E-state index contributed by atoms with van der Waals surface area (Å²) in [6, 6.07) is 4.69. The van der Waals surface area contributed by atoms with E-state index in [-0.39, 0.29) is 0 Å². The first kappa shape index (κ1) is 12.2. The molecule has 0 amide bonds. The van der Waals surface area contributed by atoms with E-state index < -0.39 is 0 Å².